The summed E-state index contributed by atoms with van der Waals surface area (Å²) >= 11 is 0. The van der Waals surface area contributed by atoms with E-state index in [1.165, 1.54) is 20.8 Å². The van der Waals surface area contributed by atoms with E-state index in [-0.39, 0.29) is 0 Å². The molecule has 0 saturated carbocycles. The van der Waals surface area contributed by atoms with Gasteiger partial charge in [-0.05, 0) is 32.9 Å². The van der Waals surface area contributed by atoms with Gasteiger partial charge in [0.15, 0.2) is 11.6 Å². The Morgan fingerprint density at radius 1 is 1.15 bits per heavy atom. The highest BCUT2D eigenvalue weighted by atomic mass is 19.4. The van der Waals surface area contributed by atoms with Crippen LogP contribution in [0.1, 0.15) is 36.7 Å². The van der Waals surface area contributed by atoms with Gasteiger partial charge in [0.25, 0.3) is 0 Å². The summed E-state index contributed by atoms with van der Waals surface area (Å²) in [5, 5.41) is 0. The van der Waals surface area contributed by atoms with E-state index in [0.717, 1.165) is 7.11 Å². The van der Waals surface area contributed by atoms with Crippen LogP contribution in [0.2, 0.25) is 0 Å². The number of hydrogen-bond acceptors (Lipinski definition) is 3. The number of alkyl halides is 3. The lowest BCUT2D eigenvalue weighted by molar-refractivity contribution is -0.137. The van der Waals surface area contributed by atoms with Crippen molar-refractivity contribution >= 4 is 5.97 Å². The zero-order chi connectivity index (χ0) is 15.7. The van der Waals surface area contributed by atoms with E-state index in [9.17, 15) is 22.4 Å². The van der Waals surface area contributed by atoms with E-state index in [0.29, 0.717) is 12.1 Å². The predicted octanol–water partition coefficient (Wildman–Crippen LogP) is 3.81. The molecule has 0 fully saturated rings. The van der Waals surface area contributed by atoms with Crippen molar-refractivity contribution in [3.8, 4) is 5.75 Å². The van der Waals surface area contributed by atoms with Crippen LogP contribution in [0.25, 0.3) is 0 Å². The van der Waals surface area contributed by atoms with Gasteiger partial charge in [-0.2, -0.15) is 13.2 Å². The molecule has 20 heavy (non-hydrogen) atoms. The average molecular weight is 294 g/mol. The molecule has 0 atom stereocenters. The van der Waals surface area contributed by atoms with Crippen LogP contribution in [0.5, 0.6) is 5.75 Å². The lowest BCUT2D eigenvalue weighted by atomic mass is 10.1. The molecule has 0 bridgehead atoms. The summed E-state index contributed by atoms with van der Waals surface area (Å²) in [6.07, 6.45) is -4.72. The summed E-state index contributed by atoms with van der Waals surface area (Å²) in [6, 6.07) is 0.898. The molecule has 0 aromatic heterocycles. The Morgan fingerprint density at radius 3 is 2.10 bits per heavy atom. The van der Waals surface area contributed by atoms with Gasteiger partial charge in [0.1, 0.15) is 5.60 Å². The molecule has 7 heteroatoms. The molecule has 0 saturated heterocycles. The minimum atomic E-state index is -4.72. The van der Waals surface area contributed by atoms with E-state index < -0.39 is 40.4 Å². The molecule has 0 aliphatic carbocycles. The second kappa shape index (κ2) is 5.30. The van der Waals surface area contributed by atoms with E-state index >= 15 is 0 Å². The smallest absolute Gasteiger partial charge is 0.416 e. The summed E-state index contributed by atoms with van der Waals surface area (Å²) in [6.45, 7) is 4.56. The number of carbonyl (C=O) groups is 1. The molecule has 0 spiro atoms. The lowest BCUT2D eigenvalue weighted by Gasteiger charge is -2.20. The minimum Gasteiger partial charge on any atom is -0.494 e. The van der Waals surface area contributed by atoms with Crippen molar-refractivity contribution < 1.29 is 31.8 Å². The molecule has 0 heterocycles. The fraction of sp³-hybridized carbons (Fsp3) is 0.462. The van der Waals surface area contributed by atoms with Crippen molar-refractivity contribution in [3.63, 3.8) is 0 Å². The first-order chi connectivity index (χ1) is 8.95. The van der Waals surface area contributed by atoms with Gasteiger partial charge in [0.2, 0.25) is 0 Å². The topological polar surface area (TPSA) is 35.5 Å². The highest BCUT2D eigenvalue weighted by Gasteiger charge is 2.34. The molecule has 0 aliphatic rings. The number of methoxy groups -OCH3 is 1. The molecule has 1 rings (SSSR count). The van der Waals surface area contributed by atoms with E-state index in [1.807, 2.05) is 0 Å². The number of carbonyl (C=O) groups excluding carboxylic acids is 1. The van der Waals surface area contributed by atoms with Crippen LogP contribution in [0.15, 0.2) is 12.1 Å². The number of benzene rings is 1. The van der Waals surface area contributed by atoms with Crippen molar-refractivity contribution in [2.24, 2.45) is 0 Å². The summed E-state index contributed by atoms with van der Waals surface area (Å²) in [5.74, 6) is -3.03. The molecular formula is C13H14F4O3. The third-order valence-electron chi connectivity index (χ3n) is 2.21. The fourth-order valence-corrected chi connectivity index (χ4v) is 1.39. The Labute approximate surface area is 113 Å². The van der Waals surface area contributed by atoms with Gasteiger partial charge in [-0.15, -0.1) is 0 Å². The molecular weight excluding hydrogens is 280 g/mol. The van der Waals surface area contributed by atoms with Gasteiger partial charge in [-0.25, -0.2) is 9.18 Å². The second-order valence-electron chi connectivity index (χ2n) is 5.04. The number of hydrogen-bond donors (Lipinski definition) is 0. The van der Waals surface area contributed by atoms with Gasteiger partial charge in [0.05, 0.1) is 18.2 Å². The Hall–Kier alpha value is -1.79. The van der Waals surface area contributed by atoms with Crippen molar-refractivity contribution in [2.75, 3.05) is 7.11 Å². The quantitative estimate of drug-likeness (QED) is 0.614. The summed E-state index contributed by atoms with van der Waals surface area (Å²) < 4.78 is 61.3. The van der Waals surface area contributed by atoms with Gasteiger partial charge in [0, 0.05) is 0 Å². The van der Waals surface area contributed by atoms with Crippen molar-refractivity contribution in [2.45, 2.75) is 32.5 Å². The van der Waals surface area contributed by atoms with Crippen LogP contribution in [0, 0.1) is 5.82 Å². The zero-order valence-electron chi connectivity index (χ0n) is 11.4. The van der Waals surface area contributed by atoms with Crippen molar-refractivity contribution in [1.82, 2.24) is 0 Å². The Balaban J connectivity index is 3.35. The first-order valence-electron chi connectivity index (χ1n) is 5.64. The number of halogens is 4. The van der Waals surface area contributed by atoms with Crippen LogP contribution >= 0.6 is 0 Å². The highest BCUT2D eigenvalue weighted by Crippen LogP contribution is 2.34. The number of rotatable bonds is 2. The van der Waals surface area contributed by atoms with Crippen LogP contribution in [0.4, 0.5) is 17.6 Å². The van der Waals surface area contributed by atoms with Gasteiger partial charge >= 0.3 is 12.1 Å². The standard InChI is InChI=1S/C13H14F4O3/c1-12(2,3)20-11(18)8-5-7(13(15,16)17)6-9(19-4)10(8)14/h5-6H,1-4H3. The largest absolute Gasteiger partial charge is 0.494 e. The third-order valence-corrected chi connectivity index (χ3v) is 2.21. The summed E-state index contributed by atoms with van der Waals surface area (Å²) in [7, 11) is 1.01. The second-order valence-corrected chi connectivity index (χ2v) is 5.04. The maximum Gasteiger partial charge on any atom is 0.416 e. The normalized spacial score (nSPS) is 12.2. The van der Waals surface area contributed by atoms with Crippen LogP contribution in [-0.2, 0) is 10.9 Å². The van der Waals surface area contributed by atoms with Gasteiger partial charge < -0.3 is 9.47 Å². The summed E-state index contributed by atoms with van der Waals surface area (Å²) in [4.78, 5) is 11.7. The predicted molar refractivity (Wildman–Crippen MR) is 63.1 cm³/mol. The molecule has 1 aromatic rings. The maximum atomic E-state index is 13.9. The third kappa shape index (κ3) is 3.85. The monoisotopic (exact) mass is 294 g/mol. The molecule has 0 aliphatic heterocycles. The Bertz CT molecular complexity index is 516. The van der Waals surface area contributed by atoms with Crippen LogP contribution in [0.3, 0.4) is 0 Å². The lowest BCUT2D eigenvalue weighted by Crippen LogP contribution is -2.25. The van der Waals surface area contributed by atoms with E-state index in [2.05, 4.69) is 4.74 Å². The summed E-state index contributed by atoms with van der Waals surface area (Å²) in [5.41, 5.74) is -2.95. The zero-order valence-corrected chi connectivity index (χ0v) is 11.4. The minimum absolute atomic E-state index is 0.409. The first kappa shape index (κ1) is 16.3. The molecule has 0 unspecified atom stereocenters. The van der Waals surface area contributed by atoms with Crippen LogP contribution < -0.4 is 4.74 Å². The van der Waals surface area contributed by atoms with Gasteiger partial charge in [-0.3, -0.25) is 0 Å². The molecule has 0 amide bonds. The van der Waals surface area contributed by atoms with Crippen molar-refractivity contribution in [1.29, 1.82) is 0 Å². The van der Waals surface area contributed by atoms with E-state index in [4.69, 9.17) is 4.74 Å². The fourth-order valence-electron chi connectivity index (χ4n) is 1.39. The highest BCUT2D eigenvalue weighted by molar-refractivity contribution is 5.90. The molecule has 0 radical (unpaired) electrons. The number of ether oxygens (including phenoxy) is 2. The SMILES string of the molecule is COc1cc(C(F)(F)F)cc(C(=O)OC(C)(C)C)c1F. The van der Waals surface area contributed by atoms with Crippen LogP contribution in [-0.4, -0.2) is 18.7 Å². The molecule has 1 aromatic carbocycles. The molecule has 112 valence electrons. The number of esters is 1. The first-order valence-corrected chi connectivity index (χ1v) is 5.64. The van der Waals surface area contributed by atoms with Crippen molar-refractivity contribution in [3.05, 3.63) is 29.1 Å². The average Bonchev–Trinajstić information content (AvgIpc) is 2.25. The molecule has 0 N–H and O–H groups in total. The van der Waals surface area contributed by atoms with E-state index in [1.54, 1.807) is 0 Å². The Morgan fingerprint density at radius 2 is 1.70 bits per heavy atom. The Kier molecular flexibility index (Phi) is 4.31. The molecule has 3 nitrogen and oxygen atoms in total. The maximum absolute atomic E-state index is 13.9. The van der Waals surface area contributed by atoms with Gasteiger partial charge in [-0.1, -0.05) is 0 Å².